The molecule has 4 N–H and O–H groups in total. The van der Waals surface area contributed by atoms with Crippen molar-refractivity contribution < 1.29 is 23.9 Å². The second-order valence-corrected chi connectivity index (χ2v) is 10.8. The molecular formula is C30H36N10O5. The second kappa shape index (κ2) is 13.6. The van der Waals surface area contributed by atoms with Crippen molar-refractivity contribution in [2.45, 2.75) is 6.92 Å². The van der Waals surface area contributed by atoms with Crippen LogP contribution in [0.3, 0.4) is 0 Å². The molecule has 0 spiro atoms. The number of ether oxygens (including phenoxy) is 1. The normalized spacial score (nSPS) is 13.3. The van der Waals surface area contributed by atoms with E-state index >= 15 is 0 Å². The quantitative estimate of drug-likeness (QED) is 0.208. The Morgan fingerprint density at radius 2 is 1.20 bits per heavy atom. The molecule has 5 heterocycles. The Hall–Kier alpha value is -5.28. The molecule has 1 aliphatic rings. The van der Waals surface area contributed by atoms with Crippen molar-refractivity contribution in [2.24, 2.45) is 21.1 Å². The monoisotopic (exact) mass is 616 g/mol. The predicted octanol–water partition coefficient (Wildman–Crippen LogP) is 1.62. The summed E-state index contributed by atoms with van der Waals surface area (Å²) in [6.45, 7) is 6.10. The average Bonchev–Trinajstić information content (AvgIpc) is 3.69. The molecule has 15 heteroatoms. The van der Waals surface area contributed by atoms with Crippen LogP contribution in [-0.2, 0) is 25.9 Å². The van der Waals surface area contributed by atoms with Gasteiger partial charge in [0.1, 0.15) is 22.8 Å². The number of hydrogen-bond acceptors (Lipinski definition) is 8. The van der Waals surface area contributed by atoms with Crippen LogP contribution in [0.1, 0.15) is 47.6 Å². The predicted molar refractivity (Wildman–Crippen MR) is 166 cm³/mol. The lowest BCUT2D eigenvalue weighted by atomic mass is 10.3. The molecule has 236 valence electrons. The number of nitrogens with zero attached hydrogens (tertiary/aromatic N) is 6. The van der Waals surface area contributed by atoms with E-state index in [-0.39, 0.29) is 17.3 Å². The van der Waals surface area contributed by atoms with Crippen LogP contribution in [0.5, 0.6) is 0 Å². The van der Waals surface area contributed by atoms with Crippen LogP contribution in [0.2, 0.25) is 0 Å². The van der Waals surface area contributed by atoms with Crippen molar-refractivity contribution in [3.63, 3.8) is 0 Å². The van der Waals surface area contributed by atoms with Gasteiger partial charge in [-0.3, -0.25) is 29.1 Å². The third-order valence-corrected chi connectivity index (χ3v) is 7.32. The number of aryl methyl sites for hydroxylation is 4. The van der Waals surface area contributed by atoms with E-state index in [1.807, 2.05) is 0 Å². The van der Waals surface area contributed by atoms with Crippen LogP contribution >= 0.6 is 0 Å². The molecule has 1 saturated heterocycles. The molecule has 0 aliphatic carbocycles. The molecule has 4 amide bonds. The summed E-state index contributed by atoms with van der Waals surface area (Å²) >= 11 is 0. The number of carbonyl (C=O) groups excluding carboxylic acids is 4. The molecule has 0 unspecified atom stereocenters. The summed E-state index contributed by atoms with van der Waals surface area (Å²) in [6, 6.07) is 4.71. The number of carbonyl (C=O) groups is 4. The van der Waals surface area contributed by atoms with Gasteiger partial charge in [-0.1, -0.05) is 0 Å². The lowest BCUT2D eigenvalue weighted by molar-refractivity contribution is 0.0383. The van der Waals surface area contributed by atoms with Crippen LogP contribution in [0.25, 0.3) is 0 Å². The van der Waals surface area contributed by atoms with Crippen LogP contribution in [0.4, 0.5) is 17.1 Å². The van der Waals surface area contributed by atoms with E-state index in [1.54, 1.807) is 72.5 Å². The Balaban J connectivity index is 1.17. The first kappa shape index (κ1) is 31.2. The number of anilines is 3. The molecule has 4 aromatic heterocycles. The zero-order valence-corrected chi connectivity index (χ0v) is 25.6. The molecular weight excluding hydrogens is 580 g/mol. The van der Waals surface area contributed by atoms with Gasteiger partial charge < -0.3 is 39.7 Å². The molecule has 1 aliphatic heterocycles. The smallest absolute Gasteiger partial charge is 0.275 e. The summed E-state index contributed by atoms with van der Waals surface area (Å²) in [6.07, 6.45) is 7.77. The number of morpholine rings is 1. The summed E-state index contributed by atoms with van der Waals surface area (Å²) < 4.78 is 10.2. The van der Waals surface area contributed by atoms with Gasteiger partial charge in [0.2, 0.25) is 0 Å². The maximum atomic E-state index is 13.1. The molecule has 0 radical (unpaired) electrons. The number of nitrogens with one attached hydrogen (secondary N) is 4. The third kappa shape index (κ3) is 7.63. The van der Waals surface area contributed by atoms with Crippen molar-refractivity contribution >= 4 is 40.7 Å². The number of rotatable bonds is 10. The van der Waals surface area contributed by atoms with Gasteiger partial charge in [0, 0.05) is 72.1 Å². The largest absolute Gasteiger partial charge is 0.379 e. The number of amides is 4. The van der Waals surface area contributed by atoms with Crippen molar-refractivity contribution in [3.05, 3.63) is 77.7 Å². The molecule has 0 saturated carbocycles. The highest BCUT2D eigenvalue weighted by Gasteiger charge is 2.19. The molecule has 0 atom stereocenters. The highest BCUT2D eigenvalue weighted by Crippen LogP contribution is 2.20. The molecule has 5 rings (SSSR count). The molecule has 45 heavy (non-hydrogen) atoms. The number of aromatic nitrogens is 5. The summed E-state index contributed by atoms with van der Waals surface area (Å²) in [4.78, 5) is 61.8. The summed E-state index contributed by atoms with van der Waals surface area (Å²) in [5.41, 5.74) is 3.12. The zero-order valence-electron chi connectivity index (χ0n) is 25.6. The lowest BCUT2D eigenvalue weighted by Crippen LogP contribution is -2.41. The molecule has 1 fully saturated rings. The summed E-state index contributed by atoms with van der Waals surface area (Å²) in [5, 5.41) is 11.3. The summed E-state index contributed by atoms with van der Waals surface area (Å²) in [7, 11) is 5.10. The topological polar surface area (TPSA) is 169 Å². The fraction of sp³-hybridized carbons (Fsp3) is 0.333. The minimum Gasteiger partial charge on any atom is -0.379 e. The molecule has 0 aromatic carbocycles. The number of hydrogen-bond donors (Lipinski definition) is 4. The van der Waals surface area contributed by atoms with Crippen LogP contribution in [0.15, 0.2) is 49.2 Å². The SMILES string of the molecule is Cc1cnc(C(=O)Nc2cc(C(=O)Nc3cc(C(=O)Nc4cc(C(=O)NCCN5CCOCC5)n(C)c4)n(C)c3)n(C)c2)cn1. The van der Waals surface area contributed by atoms with Gasteiger partial charge >= 0.3 is 0 Å². The van der Waals surface area contributed by atoms with E-state index < -0.39 is 17.7 Å². The Labute approximate surface area is 259 Å². The minimum atomic E-state index is -0.450. The molecule has 4 aromatic rings. The maximum absolute atomic E-state index is 13.1. The Kier molecular flexibility index (Phi) is 9.39. The standard InChI is InChI=1S/C30H36N10O5/c1-19-14-33-23(15-32-19)27(41)34-20-12-25(38(3)16-20)29(43)36-22-13-26(39(4)18-22)30(44)35-21-11-24(37(2)17-21)28(42)31-5-6-40-7-9-45-10-8-40/h11-18H,5-10H2,1-4H3,(H,31,42)(H,34,41)(H,35,44)(H,36,43). The van der Waals surface area contributed by atoms with Crippen LogP contribution in [0, 0.1) is 6.92 Å². The van der Waals surface area contributed by atoms with Gasteiger partial charge in [-0.25, -0.2) is 4.98 Å². The van der Waals surface area contributed by atoms with Gasteiger partial charge in [0.15, 0.2) is 0 Å². The van der Waals surface area contributed by atoms with E-state index in [9.17, 15) is 19.2 Å². The minimum absolute atomic E-state index is 0.153. The Bertz CT molecular complexity index is 1710. The van der Waals surface area contributed by atoms with Crippen LogP contribution < -0.4 is 21.3 Å². The van der Waals surface area contributed by atoms with Crippen molar-refractivity contribution in [1.29, 1.82) is 0 Å². The lowest BCUT2D eigenvalue weighted by Gasteiger charge is -2.26. The van der Waals surface area contributed by atoms with E-state index in [1.165, 1.54) is 18.5 Å². The van der Waals surface area contributed by atoms with E-state index in [4.69, 9.17) is 4.74 Å². The van der Waals surface area contributed by atoms with E-state index in [2.05, 4.69) is 36.1 Å². The van der Waals surface area contributed by atoms with Gasteiger partial charge in [-0.2, -0.15) is 0 Å². The first-order valence-electron chi connectivity index (χ1n) is 14.4. The fourth-order valence-corrected chi connectivity index (χ4v) is 4.91. The van der Waals surface area contributed by atoms with Crippen LogP contribution in [-0.4, -0.2) is 91.6 Å². The van der Waals surface area contributed by atoms with Gasteiger partial charge in [-0.15, -0.1) is 0 Å². The first-order chi connectivity index (χ1) is 21.6. The van der Waals surface area contributed by atoms with E-state index in [0.717, 1.165) is 19.6 Å². The Morgan fingerprint density at radius 3 is 1.69 bits per heavy atom. The second-order valence-electron chi connectivity index (χ2n) is 10.8. The summed E-state index contributed by atoms with van der Waals surface area (Å²) in [5.74, 6) is -1.53. The highest BCUT2D eigenvalue weighted by atomic mass is 16.5. The fourth-order valence-electron chi connectivity index (χ4n) is 4.91. The van der Waals surface area contributed by atoms with Crippen molar-refractivity contribution in [3.8, 4) is 0 Å². The molecule has 15 nitrogen and oxygen atoms in total. The zero-order chi connectivity index (χ0) is 32.1. The molecule has 0 bridgehead atoms. The first-order valence-corrected chi connectivity index (χ1v) is 14.4. The Morgan fingerprint density at radius 1 is 0.711 bits per heavy atom. The highest BCUT2D eigenvalue weighted by molar-refractivity contribution is 6.08. The average molecular weight is 617 g/mol. The van der Waals surface area contributed by atoms with Gasteiger partial charge in [0.25, 0.3) is 23.6 Å². The van der Waals surface area contributed by atoms with Crippen molar-refractivity contribution in [1.82, 2.24) is 33.9 Å². The van der Waals surface area contributed by atoms with E-state index in [0.29, 0.717) is 53.9 Å². The van der Waals surface area contributed by atoms with Crippen molar-refractivity contribution in [2.75, 3.05) is 55.3 Å². The van der Waals surface area contributed by atoms with Gasteiger partial charge in [-0.05, 0) is 25.1 Å². The third-order valence-electron chi connectivity index (χ3n) is 7.32. The van der Waals surface area contributed by atoms with Gasteiger partial charge in [0.05, 0.1) is 42.2 Å². The maximum Gasteiger partial charge on any atom is 0.275 e.